The van der Waals surface area contributed by atoms with Crippen molar-refractivity contribution < 1.29 is 14.3 Å². The zero-order chi connectivity index (χ0) is 13.5. The van der Waals surface area contributed by atoms with Gasteiger partial charge in [-0.1, -0.05) is 6.92 Å². The van der Waals surface area contributed by atoms with Gasteiger partial charge < -0.3 is 20.5 Å². The van der Waals surface area contributed by atoms with Crippen LogP contribution in [0.3, 0.4) is 0 Å². The smallest absolute Gasteiger partial charge is 0.176 e. The zero-order valence-electron chi connectivity index (χ0n) is 11.0. The standard InChI is InChI=1S/C12H20N2O3S/c1-4-8(15)11-9(13)10(17-3)12(18-11)14-6-5-7-16-2/h14H,4-7,13H2,1-3H3. The summed E-state index contributed by atoms with van der Waals surface area (Å²) in [5.74, 6) is 0.606. The number of thiophene rings is 1. The number of hydrogen-bond acceptors (Lipinski definition) is 6. The summed E-state index contributed by atoms with van der Waals surface area (Å²) in [5.41, 5.74) is 6.36. The van der Waals surface area contributed by atoms with Crippen LogP contribution in [0.5, 0.6) is 5.75 Å². The van der Waals surface area contributed by atoms with E-state index in [1.807, 2.05) is 6.92 Å². The third kappa shape index (κ3) is 3.36. The summed E-state index contributed by atoms with van der Waals surface area (Å²) in [4.78, 5) is 12.3. The SMILES string of the molecule is CCC(=O)c1sc(NCCCOC)c(OC)c1N. The normalized spacial score (nSPS) is 10.4. The molecule has 3 N–H and O–H groups in total. The number of nitrogen functional groups attached to an aromatic ring is 1. The quantitative estimate of drug-likeness (QED) is 0.561. The van der Waals surface area contributed by atoms with Gasteiger partial charge in [-0.15, -0.1) is 11.3 Å². The van der Waals surface area contributed by atoms with E-state index in [0.29, 0.717) is 29.3 Å². The minimum absolute atomic E-state index is 0.0424. The Kier molecular flexibility index (Phi) is 5.94. The lowest BCUT2D eigenvalue weighted by atomic mass is 10.2. The largest absolute Gasteiger partial charge is 0.492 e. The van der Waals surface area contributed by atoms with Crippen LogP contribution in [0.2, 0.25) is 0 Å². The van der Waals surface area contributed by atoms with Crippen molar-refractivity contribution in [1.29, 1.82) is 0 Å². The molecule has 5 nitrogen and oxygen atoms in total. The summed E-state index contributed by atoms with van der Waals surface area (Å²) in [5, 5.41) is 4.03. The lowest BCUT2D eigenvalue weighted by Gasteiger charge is -2.06. The Bertz CT molecular complexity index is 404. The molecule has 1 aromatic heterocycles. The lowest BCUT2D eigenvalue weighted by Crippen LogP contribution is -2.04. The number of rotatable bonds is 8. The van der Waals surface area contributed by atoms with Crippen LogP contribution < -0.4 is 15.8 Å². The number of hydrogen-bond donors (Lipinski definition) is 2. The van der Waals surface area contributed by atoms with Crippen LogP contribution in [0, 0.1) is 0 Å². The van der Waals surface area contributed by atoms with Crippen LogP contribution >= 0.6 is 11.3 Å². The molecule has 0 bridgehead atoms. The number of carbonyl (C=O) groups is 1. The van der Waals surface area contributed by atoms with E-state index in [-0.39, 0.29) is 5.78 Å². The van der Waals surface area contributed by atoms with Crippen LogP contribution in [0.15, 0.2) is 0 Å². The Morgan fingerprint density at radius 2 is 2.17 bits per heavy atom. The van der Waals surface area contributed by atoms with Gasteiger partial charge in [0.2, 0.25) is 0 Å². The maximum atomic E-state index is 11.7. The van der Waals surface area contributed by atoms with E-state index in [0.717, 1.165) is 18.0 Å². The van der Waals surface area contributed by atoms with Gasteiger partial charge >= 0.3 is 0 Å². The predicted molar refractivity (Wildman–Crippen MR) is 74.9 cm³/mol. The highest BCUT2D eigenvalue weighted by molar-refractivity contribution is 7.19. The Balaban J connectivity index is 2.80. The first-order valence-corrected chi connectivity index (χ1v) is 6.69. The van der Waals surface area contributed by atoms with E-state index in [1.165, 1.54) is 11.3 Å². The highest BCUT2D eigenvalue weighted by Crippen LogP contribution is 2.42. The van der Waals surface area contributed by atoms with E-state index in [4.69, 9.17) is 15.2 Å². The fourth-order valence-corrected chi connectivity index (χ4v) is 2.66. The maximum absolute atomic E-state index is 11.7. The van der Waals surface area contributed by atoms with Crippen LogP contribution in [0.1, 0.15) is 29.4 Å². The maximum Gasteiger partial charge on any atom is 0.176 e. The minimum atomic E-state index is 0.0424. The van der Waals surface area contributed by atoms with Crippen molar-refractivity contribution in [2.45, 2.75) is 19.8 Å². The molecule has 0 fully saturated rings. The Morgan fingerprint density at radius 1 is 1.44 bits per heavy atom. The molecule has 1 heterocycles. The number of carbonyl (C=O) groups excluding carboxylic acids is 1. The van der Waals surface area contributed by atoms with E-state index in [2.05, 4.69) is 5.32 Å². The van der Waals surface area contributed by atoms with E-state index in [9.17, 15) is 4.79 Å². The molecule has 0 amide bonds. The van der Waals surface area contributed by atoms with Gasteiger partial charge in [0, 0.05) is 26.7 Å². The first-order valence-electron chi connectivity index (χ1n) is 5.87. The number of nitrogens with one attached hydrogen (secondary N) is 1. The second kappa shape index (κ2) is 7.23. The summed E-state index contributed by atoms with van der Waals surface area (Å²) in [6.45, 7) is 3.26. The molecule has 102 valence electrons. The first kappa shape index (κ1) is 14.8. The number of Topliss-reactive ketones (excluding diaryl/α,β-unsaturated/α-hetero) is 1. The molecule has 0 saturated carbocycles. The van der Waals surface area contributed by atoms with E-state index >= 15 is 0 Å². The number of ketones is 1. The van der Waals surface area contributed by atoms with Crippen LogP contribution in [0.25, 0.3) is 0 Å². The molecular formula is C12H20N2O3S. The molecule has 0 aliphatic rings. The minimum Gasteiger partial charge on any atom is -0.492 e. The van der Waals surface area contributed by atoms with Gasteiger partial charge in [-0.3, -0.25) is 4.79 Å². The molecule has 0 aliphatic carbocycles. The average molecular weight is 272 g/mol. The van der Waals surface area contributed by atoms with E-state index in [1.54, 1.807) is 14.2 Å². The van der Waals surface area contributed by atoms with Crippen LogP contribution in [-0.4, -0.2) is 33.2 Å². The number of nitrogens with two attached hydrogens (primary N) is 1. The van der Waals surface area contributed by atoms with Gasteiger partial charge in [-0.05, 0) is 6.42 Å². The van der Waals surface area contributed by atoms with Crippen molar-refractivity contribution in [3.63, 3.8) is 0 Å². The van der Waals surface area contributed by atoms with Gasteiger partial charge in [-0.25, -0.2) is 0 Å². The predicted octanol–water partition coefficient (Wildman–Crippen LogP) is 2.38. The molecule has 0 radical (unpaired) electrons. The highest BCUT2D eigenvalue weighted by Gasteiger charge is 2.20. The second-order valence-corrected chi connectivity index (χ2v) is 4.78. The molecule has 1 rings (SSSR count). The lowest BCUT2D eigenvalue weighted by molar-refractivity contribution is 0.0992. The average Bonchev–Trinajstić information content (AvgIpc) is 2.70. The third-order valence-corrected chi connectivity index (χ3v) is 3.67. The topological polar surface area (TPSA) is 73.6 Å². The van der Waals surface area contributed by atoms with Crippen LogP contribution in [-0.2, 0) is 4.74 Å². The molecule has 0 atom stereocenters. The Morgan fingerprint density at radius 3 is 2.72 bits per heavy atom. The van der Waals surface area contributed by atoms with Gasteiger partial charge in [0.05, 0.1) is 17.7 Å². The highest BCUT2D eigenvalue weighted by atomic mass is 32.1. The molecule has 0 unspecified atom stereocenters. The van der Waals surface area contributed by atoms with Crippen molar-refractivity contribution >= 4 is 27.8 Å². The summed E-state index contributed by atoms with van der Waals surface area (Å²) in [6, 6.07) is 0. The van der Waals surface area contributed by atoms with Gasteiger partial charge in [0.1, 0.15) is 5.00 Å². The molecular weight excluding hydrogens is 252 g/mol. The Hall–Kier alpha value is -1.27. The van der Waals surface area contributed by atoms with Crippen molar-refractivity contribution in [1.82, 2.24) is 0 Å². The van der Waals surface area contributed by atoms with Crippen molar-refractivity contribution in [2.24, 2.45) is 0 Å². The van der Waals surface area contributed by atoms with Gasteiger partial charge in [-0.2, -0.15) is 0 Å². The summed E-state index contributed by atoms with van der Waals surface area (Å²) < 4.78 is 10.2. The molecule has 18 heavy (non-hydrogen) atoms. The third-order valence-electron chi connectivity index (χ3n) is 2.49. The zero-order valence-corrected chi connectivity index (χ0v) is 11.9. The number of methoxy groups -OCH3 is 2. The monoisotopic (exact) mass is 272 g/mol. The van der Waals surface area contributed by atoms with Crippen molar-refractivity contribution in [3.05, 3.63) is 4.88 Å². The fourth-order valence-electron chi connectivity index (χ4n) is 1.53. The van der Waals surface area contributed by atoms with Gasteiger partial charge in [0.25, 0.3) is 0 Å². The first-order chi connectivity index (χ1) is 8.65. The number of anilines is 2. The molecule has 0 aromatic carbocycles. The van der Waals surface area contributed by atoms with Gasteiger partial charge in [0.15, 0.2) is 11.5 Å². The molecule has 0 aliphatic heterocycles. The second-order valence-electron chi connectivity index (χ2n) is 3.76. The molecule has 6 heteroatoms. The summed E-state index contributed by atoms with van der Waals surface area (Å²) in [6.07, 6.45) is 1.32. The fraction of sp³-hybridized carbons (Fsp3) is 0.583. The van der Waals surface area contributed by atoms with Crippen molar-refractivity contribution in [2.75, 3.05) is 38.4 Å². The number of ether oxygens (including phenoxy) is 2. The Labute approximate surface area is 111 Å². The van der Waals surface area contributed by atoms with Crippen molar-refractivity contribution in [3.8, 4) is 5.75 Å². The molecule has 1 aromatic rings. The molecule has 0 saturated heterocycles. The van der Waals surface area contributed by atoms with Crippen LogP contribution in [0.4, 0.5) is 10.7 Å². The van der Waals surface area contributed by atoms with E-state index < -0.39 is 0 Å². The molecule has 0 spiro atoms. The summed E-state index contributed by atoms with van der Waals surface area (Å²) >= 11 is 1.35. The summed E-state index contributed by atoms with van der Waals surface area (Å²) in [7, 11) is 3.22.